The summed E-state index contributed by atoms with van der Waals surface area (Å²) in [5, 5.41) is 3.49. The zero-order chi connectivity index (χ0) is 14.8. The molecular weight excluding hydrogens is 262 g/mol. The summed E-state index contributed by atoms with van der Waals surface area (Å²) in [6.45, 7) is 5.76. The first-order valence-electron chi connectivity index (χ1n) is 8.43. The Labute approximate surface area is 129 Å². The molecular formula is C18H29NO2. The van der Waals surface area contributed by atoms with Gasteiger partial charge in [-0.3, -0.25) is 0 Å². The summed E-state index contributed by atoms with van der Waals surface area (Å²) in [5.41, 5.74) is 1.24. The van der Waals surface area contributed by atoms with E-state index in [9.17, 15) is 0 Å². The Bertz CT molecular complexity index is 389. The second-order valence-corrected chi connectivity index (χ2v) is 5.78. The standard InChI is InChI=1S/C18H29NO2/c1-2-3-4-7-12-21-18-11-6-5-9-16(18)14-19-15-17-10-8-13-20-17/h5-6,9,11,17,19H,2-4,7-8,10,12-15H2,1H3/t17-/m0/s1. The second kappa shape index (κ2) is 9.80. The van der Waals surface area contributed by atoms with Crippen molar-refractivity contribution in [3.8, 4) is 5.75 Å². The Balaban J connectivity index is 1.70. The first kappa shape index (κ1) is 16.3. The minimum absolute atomic E-state index is 0.395. The van der Waals surface area contributed by atoms with Crippen molar-refractivity contribution in [3.63, 3.8) is 0 Å². The number of benzene rings is 1. The normalized spacial score (nSPS) is 18.0. The third kappa shape index (κ3) is 6.06. The van der Waals surface area contributed by atoms with E-state index >= 15 is 0 Å². The monoisotopic (exact) mass is 291 g/mol. The molecule has 1 aliphatic heterocycles. The van der Waals surface area contributed by atoms with Crippen molar-refractivity contribution in [2.75, 3.05) is 19.8 Å². The van der Waals surface area contributed by atoms with E-state index in [1.165, 1.54) is 37.7 Å². The molecule has 0 aliphatic carbocycles. The van der Waals surface area contributed by atoms with Gasteiger partial charge in [-0.05, 0) is 25.3 Å². The van der Waals surface area contributed by atoms with E-state index in [2.05, 4.69) is 30.4 Å². The highest BCUT2D eigenvalue weighted by Crippen LogP contribution is 2.18. The minimum Gasteiger partial charge on any atom is -0.493 e. The van der Waals surface area contributed by atoms with Crippen LogP contribution in [0.3, 0.4) is 0 Å². The van der Waals surface area contributed by atoms with Crippen LogP contribution < -0.4 is 10.1 Å². The Morgan fingerprint density at radius 2 is 2.14 bits per heavy atom. The Hall–Kier alpha value is -1.06. The molecule has 0 amide bonds. The maximum Gasteiger partial charge on any atom is 0.123 e. The average molecular weight is 291 g/mol. The molecule has 3 heteroatoms. The van der Waals surface area contributed by atoms with Crippen LogP contribution in [0.25, 0.3) is 0 Å². The summed E-state index contributed by atoms with van der Waals surface area (Å²) in [6.07, 6.45) is 7.75. The zero-order valence-electron chi connectivity index (χ0n) is 13.3. The fourth-order valence-electron chi connectivity index (χ4n) is 2.67. The van der Waals surface area contributed by atoms with Crippen molar-refractivity contribution >= 4 is 0 Å². The Kier molecular flexibility index (Phi) is 7.61. The van der Waals surface area contributed by atoms with Crippen LogP contribution in [0.15, 0.2) is 24.3 Å². The van der Waals surface area contributed by atoms with Gasteiger partial charge in [0.1, 0.15) is 5.75 Å². The molecule has 1 atom stereocenters. The van der Waals surface area contributed by atoms with Gasteiger partial charge in [0, 0.05) is 25.3 Å². The fraction of sp³-hybridized carbons (Fsp3) is 0.667. The number of rotatable bonds is 10. The van der Waals surface area contributed by atoms with Crippen molar-refractivity contribution in [1.82, 2.24) is 5.32 Å². The molecule has 1 fully saturated rings. The van der Waals surface area contributed by atoms with E-state index in [0.29, 0.717) is 6.10 Å². The molecule has 0 saturated carbocycles. The lowest BCUT2D eigenvalue weighted by molar-refractivity contribution is 0.110. The van der Waals surface area contributed by atoms with Crippen LogP contribution in [0, 0.1) is 0 Å². The van der Waals surface area contributed by atoms with E-state index in [-0.39, 0.29) is 0 Å². The van der Waals surface area contributed by atoms with Gasteiger partial charge in [-0.25, -0.2) is 0 Å². The molecule has 1 heterocycles. The predicted octanol–water partition coefficient (Wildman–Crippen LogP) is 3.91. The van der Waals surface area contributed by atoms with Crippen molar-refractivity contribution in [1.29, 1.82) is 0 Å². The molecule has 1 aliphatic rings. The van der Waals surface area contributed by atoms with Gasteiger partial charge in [0.05, 0.1) is 12.7 Å². The van der Waals surface area contributed by atoms with Gasteiger partial charge in [0.15, 0.2) is 0 Å². The lowest BCUT2D eigenvalue weighted by atomic mass is 10.2. The van der Waals surface area contributed by atoms with Crippen LogP contribution in [0.4, 0.5) is 0 Å². The van der Waals surface area contributed by atoms with Crippen LogP contribution >= 0.6 is 0 Å². The molecule has 3 nitrogen and oxygen atoms in total. The minimum atomic E-state index is 0.395. The van der Waals surface area contributed by atoms with Crippen LogP contribution in [0.2, 0.25) is 0 Å². The van der Waals surface area contributed by atoms with Crippen LogP contribution in [-0.2, 0) is 11.3 Å². The fourth-order valence-corrected chi connectivity index (χ4v) is 2.67. The van der Waals surface area contributed by atoms with Crippen LogP contribution in [0.1, 0.15) is 51.0 Å². The quantitative estimate of drug-likeness (QED) is 0.663. The van der Waals surface area contributed by atoms with E-state index in [1.54, 1.807) is 0 Å². The van der Waals surface area contributed by atoms with Gasteiger partial charge >= 0.3 is 0 Å². The van der Waals surface area contributed by atoms with E-state index in [1.807, 2.05) is 6.07 Å². The smallest absolute Gasteiger partial charge is 0.123 e. The SMILES string of the molecule is CCCCCCOc1ccccc1CNC[C@@H]1CCCO1. The molecule has 0 bridgehead atoms. The van der Waals surface area contributed by atoms with Crippen molar-refractivity contribution in [2.24, 2.45) is 0 Å². The molecule has 0 radical (unpaired) electrons. The molecule has 1 saturated heterocycles. The maximum absolute atomic E-state index is 5.93. The summed E-state index contributed by atoms with van der Waals surface area (Å²) in [4.78, 5) is 0. The third-order valence-corrected chi connectivity index (χ3v) is 3.94. The summed E-state index contributed by atoms with van der Waals surface area (Å²) in [7, 11) is 0. The van der Waals surface area contributed by atoms with Gasteiger partial charge < -0.3 is 14.8 Å². The van der Waals surface area contributed by atoms with Crippen molar-refractivity contribution in [2.45, 2.75) is 58.1 Å². The second-order valence-electron chi connectivity index (χ2n) is 5.78. The highest BCUT2D eigenvalue weighted by Gasteiger charge is 2.14. The van der Waals surface area contributed by atoms with E-state index in [0.717, 1.165) is 38.5 Å². The number of nitrogens with one attached hydrogen (secondary N) is 1. The number of para-hydroxylation sites is 1. The largest absolute Gasteiger partial charge is 0.493 e. The topological polar surface area (TPSA) is 30.5 Å². The zero-order valence-corrected chi connectivity index (χ0v) is 13.3. The summed E-state index contributed by atoms with van der Waals surface area (Å²) < 4.78 is 11.6. The van der Waals surface area contributed by atoms with E-state index in [4.69, 9.17) is 9.47 Å². The Morgan fingerprint density at radius 3 is 2.95 bits per heavy atom. The first-order valence-corrected chi connectivity index (χ1v) is 8.43. The number of hydrogen-bond donors (Lipinski definition) is 1. The van der Waals surface area contributed by atoms with Gasteiger partial charge in [-0.2, -0.15) is 0 Å². The van der Waals surface area contributed by atoms with Gasteiger partial charge in [-0.1, -0.05) is 44.4 Å². The first-order chi connectivity index (χ1) is 10.4. The lowest BCUT2D eigenvalue weighted by Crippen LogP contribution is -2.26. The van der Waals surface area contributed by atoms with Crippen molar-refractivity contribution < 1.29 is 9.47 Å². The molecule has 1 aromatic carbocycles. The van der Waals surface area contributed by atoms with Gasteiger partial charge in [0.25, 0.3) is 0 Å². The highest BCUT2D eigenvalue weighted by atomic mass is 16.5. The van der Waals surface area contributed by atoms with Gasteiger partial charge in [-0.15, -0.1) is 0 Å². The lowest BCUT2D eigenvalue weighted by Gasteiger charge is -2.14. The molecule has 118 valence electrons. The number of hydrogen-bond acceptors (Lipinski definition) is 3. The van der Waals surface area contributed by atoms with Crippen LogP contribution in [0.5, 0.6) is 5.75 Å². The molecule has 1 aromatic rings. The average Bonchev–Trinajstić information content (AvgIpc) is 3.02. The van der Waals surface area contributed by atoms with Gasteiger partial charge in [0.2, 0.25) is 0 Å². The Morgan fingerprint density at radius 1 is 1.24 bits per heavy atom. The summed E-state index contributed by atoms with van der Waals surface area (Å²) >= 11 is 0. The molecule has 2 rings (SSSR count). The summed E-state index contributed by atoms with van der Waals surface area (Å²) in [5.74, 6) is 1.02. The molecule has 0 aromatic heterocycles. The third-order valence-electron chi connectivity index (χ3n) is 3.94. The molecule has 0 unspecified atom stereocenters. The summed E-state index contributed by atoms with van der Waals surface area (Å²) in [6, 6.07) is 8.34. The predicted molar refractivity (Wildman–Crippen MR) is 86.8 cm³/mol. The molecule has 21 heavy (non-hydrogen) atoms. The van der Waals surface area contributed by atoms with Crippen LogP contribution in [-0.4, -0.2) is 25.9 Å². The highest BCUT2D eigenvalue weighted by molar-refractivity contribution is 5.33. The van der Waals surface area contributed by atoms with Crippen molar-refractivity contribution in [3.05, 3.63) is 29.8 Å². The van der Waals surface area contributed by atoms with E-state index < -0.39 is 0 Å². The number of ether oxygens (including phenoxy) is 2. The maximum atomic E-state index is 5.93. The molecule has 0 spiro atoms. The number of unbranched alkanes of at least 4 members (excludes halogenated alkanes) is 3. The molecule has 1 N–H and O–H groups in total.